The molecule has 0 aliphatic rings. The van der Waals surface area contributed by atoms with Gasteiger partial charge in [0.05, 0.1) is 31.2 Å². The van der Waals surface area contributed by atoms with Gasteiger partial charge >= 0.3 is 5.97 Å². The highest BCUT2D eigenvalue weighted by Gasteiger charge is 2.21. The van der Waals surface area contributed by atoms with E-state index in [9.17, 15) is 18.0 Å². The Bertz CT molecular complexity index is 1320. The molecule has 0 saturated heterocycles. The first kappa shape index (κ1) is 25.6. The number of anilines is 2. The lowest BCUT2D eigenvalue weighted by atomic mass is 10.1. The minimum atomic E-state index is -3.68. The Morgan fingerprint density at radius 3 is 2.12 bits per heavy atom. The number of carbonyl (C=O) groups excluding carboxylic acids is 2. The maximum Gasteiger partial charge on any atom is 0.337 e. The van der Waals surface area contributed by atoms with Gasteiger partial charge in [-0.25, -0.2) is 13.2 Å². The maximum absolute atomic E-state index is 12.8. The predicted octanol–water partition coefficient (Wildman–Crippen LogP) is 5.31. The number of nitrogens with one attached hydrogen (secondary N) is 1. The average molecular weight is 521 g/mol. The molecule has 3 rings (SSSR count). The molecule has 178 valence electrons. The monoisotopic (exact) mass is 520 g/mol. The maximum atomic E-state index is 12.8. The van der Waals surface area contributed by atoms with E-state index in [0.29, 0.717) is 38.1 Å². The summed E-state index contributed by atoms with van der Waals surface area (Å²) >= 11 is 12.4. The predicted molar refractivity (Wildman–Crippen MR) is 134 cm³/mol. The minimum Gasteiger partial charge on any atom is -0.465 e. The first-order valence-corrected chi connectivity index (χ1v) is 12.6. The molecule has 1 N–H and O–H groups in total. The second-order valence-corrected chi connectivity index (χ2v) is 10.2. The summed E-state index contributed by atoms with van der Waals surface area (Å²) in [6, 6.07) is 15.9. The van der Waals surface area contributed by atoms with Crippen LogP contribution in [0, 0.1) is 6.92 Å². The van der Waals surface area contributed by atoms with Crippen LogP contribution in [0.5, 0.6) is 0 Å². The van der Waals surface area contributed by atoms with Gasteiger partial charge in [0.25, 0.3) is 5.91 Å². The third-order valence-corrected chi connectivity index (χ3v) is 6.94. The molecule has 0 saturated carbocycles. The van der Waals surface area contributed by atoms with Crippen molar-refractivity contribution in [1.82, 2.24) is 0 Å². The lowest BCUT2D eigenvalue weighted by Crippen LogP contribution is -2.29. The normalized spacial score (nSPS) is 11.1. The second-order valence-electron chi connectivity index (χ2n) is 7.49. The zero-order valence-electron chi connectivity index (χ0n) is 18.6. The van der Waals surface area contributed by atoms with E-state index < -0.39 is 21.9 Å². The van der Waals surface area contributed by atoms with E-state index >= 15 is 0 Å². The highest BCUT2D eigenvalue weighted by Crippen LogP contribution is 2.29. The molecule has 10 heteroatoms. The largest absolute Gasteiger partial charge is 0.465 e. The molecule has 0 bridgehead atoms. The topological polar surface area (TPSA) is 92.8 Å². The Balaban J connectivity index is 1.85. The smallest absolute Gasteiger partial charge is 0.337 e. The molecule has 0 unspecified atom stereocenters. The summed E-state index contributed by atoms with van der Waals surface area (Å²) in [7, 11) is -2.40. The van der Waals surface area contributed by atoms with Crippen molar-refractivity contribution >= 4 is 56.5 Å². The van der Waals surface area contributed by atoms with Crippen LogP contribution < -0.4 is 9.62 Å². The number of hydrogen-bond donors (Lipinski definition) is 1. The van der Waals surface area contributed by atoms with Gasteiger partial charge in [-0.05, 0) is 61.0 Å². The first-order chi connectivity index (χ1) is 16.0. The van der Waals surface area contributed by atoms with Crippen LogP contribution in [-0.2, 0) is 21.3 Å². The van der Waals surface area contributed by atoms with E-state index in [1.807, 2.05) is 0 Å². The molecule has 1 amide bonds. The Morgan fingerprint density at radius 1 is 0.971 bits per heavy atom. The van der Waals surface area contributed by atoms with Gasteiger partial charge in [-0.2, -0.15) is 0 Å². The molecule has 0 heterocycles. The fourth-order valence-electron chi connectivity index (χ4n) is 3.20. The van der Waals surface area contributed by atoms with Gasteiger partial charge in [0.15, 0.2) is 0 Å². The third kappa shape index (κ3) is 5.88. The summed E-state index contributed by atoms with van der Waals surface area (Å²) in [4.78, 5) is 24.6. The Kier molecular flexibility index (Phi) is 7.86. The first-order valence-electron chi connectivity index (χ1n) is 10.0. The lowest BCUT2D eigenvalue weighted by Gasteiger charge is -2.23. The SMILES string of the molecule is COC(=O)c1ccc(C)c(NC(=O)c2ccc(N(Cc3c(Cl)cccc3Cl)S(C)(=O)=O)cc2)c1. The zero-order chi connectivity index (χ0) is 25.0. The molecule has 7 nitrogen and oxygen atoms in total. The molecule has 3 aromatic carbocycles. The quantitative estimate of drug-likeness (QED) is 0.426. The Hall–Kier alpha value is -3.07. The molecule has 0 fully saturated rings. The van der Waals surface area contributed by atoms with Gasteiger partial charge in [0, 0.05) is 26.9 Å². The van der Waals surface area contributed by atoms with E-state index in [4.69, 9.17) is 27.9 Å². The van der Waals surface area contributed by atoms with Crippen LogP contribution in [0.4, 0.5) is 11.4 Å². The van der Waals surface area contributed by atoms with Crippen molar-refractivity contribution in [2.24, 2.45) is 0 Å². The zero-order valence-corrected chi connectivity index (χ0v) is 21.0. The number of carbonyl (C=O) groups is 2. The van der Waals surface area contributed by atoms with Crippen molar-refractivity contribution < 1.29 is 22.7 Å². The van der Waals surface area contributed by atoms with Gasteiger partial charge in [-0.3, -0.25) is 9.10 Å². The highest BCUT2D eigenvalue weighted by molar-refractivity contribution is 7.92. The van der Waals surface area contributed by atoms with Gasteiger partial charge in [0.1, 0.15) is 0 Å². The molecule has 0 atom stereocenters. The molecule has 0 aromatic heterocycles. The third-order valence-electron chi connectivity index (χ3n) is 5.09. The van der Waals surface area contributed by atoms with Crippen molar-refractivity contribution in [3.8, 4) is 0 Å². The molecule has 3 aromatic rings. The van der Waals surface area contributed by atoms with Crippen molar-refractivity contribution in [2.75, 3.05) is 23.0 Å². The number of methoxy groups -OCH3 is 1. The van der Waals surface area contributed by atoms with E-state index in [0.717, 1.165) is 16.1 Å². The van der Waals surface area contributed by atoms with E-state index in [-0.39, 0.29) is 6.54 Å². The van der Waals surface area contributed by atoms with Gasteiger partial charge in [-0.15, -0.1) is 0 Å². The van der Waals surface area contributed by atoms with Crippen LogP contribution in [0.15, 0.2) is 60.7 Å². The van der Waals surface area contributed by atoms with Crippen molar-refractivity contribution in [1.29, 1.82) is 0 Å². The molecule has 34 heavy (non-hydrogen) atoms. The van der Waals surface area contributed by atoms with E-state index in [1.165, 1.54) is 37.4 Å². The van der Waals surface area contributed by atoms with Crippen LogP contribution in [0.1, 0.15) is 31.8 Å². The molecule has 0 aliphatic carbocycles. The number of aryl methyl sites for hydroxylation is 1. The summed E-state index contributed by atoms with van der Waals surface area (Å²) in [5.74, 6) is -0.934. The number of amides is 1. The molecule has 0 spiro atoms. The highest BCUT2D eigenvalue weighted by atomic mass is 35.5. The second kappa shape index (κ2) is 10.5. The van der Waals surface area contributed by atoms with Crippen molar-refractivity contribution in [2.45, 2.75) is 13.5 Å². The van der Waals surface area contributed by atoms with Crippen molar-refractivity contribution in [3.63, 3.8) is 0 Å². The van der Waals surface area contributed by atoms with Crippen LogP contribution in [0.25, 0.3) is 0 Å². The van der Waals surface area contributed by atoms with E-state index in [1.54, 1.807) is 37.3 Å². The summed E-state index contributed by atoms with van der Waals surface area (Å²) < 4.78 is 30.9. The van der Waals surface area contributed by atoms with Crippen LogP contribution in [-0.4, -0.2) is 33.7 Å². The fourth-order valence-corrected chi connectivity index (χ4v) is 4.59. The van der Waals surface area contributed by atoms with Crippen LogP contribution >= 0.6 is 23.2 Å². The number of ether oxygens (including phenoxy) is 1. The molecule has 0 aliphatic heterocycles. The summed E-state index contributed by atoms with van der Waals surface area (Å²) in [6.45, 7) is 1.73. The number of halogens is 2. The Morgan fingerprint density at radius 2 is 1.56 bits per heavy atom. The van der Waals surface area contributed by atoms with Crippen molar-refractivity contribution in [3.05, 3.63) is 93.0 Å². The van der Waals surface area contributed by atoms with Crippen LogP contribution in [0.2, 0.25) is 10.0 Å². The Labute approximate surface area is 208 Å². The average Bonchev–Trinajstić information content (AvgIpc) is 2.79. The van der Waals surface area contributed by atoms with Crippen LogP contribution in [0.3, 0.4) is 0 Å². The molecule has 0 radical (unpaired) electrons. The molecular weight excluding hydrogens is 499 g/mol. The van der Waals surface area contributed by atoms with Gasteiger partial charge in [-0.1, -0.05) is 35.3 Å². The fraction of sp³-hybridized carbons (Fsp3) is 0.167. The number of sulfonamides is 1. The van der Waals surface area contributed by atoms with Gasteiger partial charge < -0.3 is 10.1 Å². The van der Waals surface area contributed by atoms with Gasteiger partial charge in [0.2, 0.25) is 10.0 Å². The number of nitrogens with zero attached hydrogens (tertiary/aromatic N) is 1. The summed E-state index contributed by atoms with van der Waals surface area (Å²) in [5.41, 5.74) is 2.65. The number of benzene rings is 3. The van der Waals surface area contributed by atoms with E-state index in [2.05, 4.69) is 5.32 Å². The number of rotatable bonds is 7. The number of hydrogen-bond acceptors (Lipinski definition) is 5. The minimum absolute atomic E-state index is 0.0671. The lowest BCUT2D eigenvalue weighted by molar-refractivity contribution is 0.0600. The standard InChI is InChI=1S/C24H22Cl2N2O5S/c1-15-7-8-17(24(30)33-2)13-22(15)27-23(29)16-9-11-18(12-10-16)28(34(3,31)32)14-19-20(25)5-4-6-21(19)26/h4-13H,14H2,1-3H3,(H,27,29). The summed E-state index contributed by atoms with van der Waals surface area (Å²) in [5, 5.41) is 3.46. The number of esters is 1. The summed E-state index contributed by atoms with van der Waals surface area (Å²) in [6.07, 6.45) is 1.08. The molecular formula is C24H22Cl2N2O5S.